The van der Waals surface area contributed by atoms with E-state index in [0.717, 1.165) is 11.8 Å². The molecule has 0 aliphatic rings. The smallest absolute Gasteiger partial charge is 0.179 e. The molecule has 0 aliphatic heterocycles. The molecule has 0 fully saturated rings. The van der Waals surface area contributed by atoms with E-state index in [1.807, 2.05) is 0 Å². The molecule has 6 nitrogen and oxygen atoms in total. The van der Waals surface area contributed by atoms with Gasteiger partial charge in [0.1, 0.15) is 16.4 Å². The van der Waals surface area contributed by atoms with Gasteiger partial charge in [-0.2, -0.15) is 0 Å². The van der Waals surface area contributed by atoms with Crippen LogP contribution in [0, 0.1) is 0 Å². The van der Waals surface area contributed by atoms with Gasteiger partial charge in [0.15, 0.2) is 9.84 Å². The average Bonchev–Trinajstić information content (AvgIpc) is 2.33. The molecule has 1 aromatic rings. The van der Waals surface area contributed by atoms with Gasteiger partial charge in [-0.25, -0.2) is 14.3 Å². The van der Waals surface area contributed by atoms with Gasteiger partial charge in [0.2, 0.25) is 0 Å². The lowest BCUT2D eigenvalue weighted by atomic mass is 10.1. The van der Waals surface area contributed by atoms with Crippen LogP contribution in [0.3, 0.4) is 0 Å². The Morgan fingerprint density at radius 1 is 1.17 bits per heavy atom. The van der Waals surface area contributed by atoms with Crippen LogP contribution in [-0.4, -0.2) is 35.5 Å². The molecule has 0 spiro atoms. The highest BCUT2D eigenvalue weighted by Crippen LogP contribution is 2.32. The number of hydrogen-bond acceptors (Lipinski definition) is 6. The Morgan fingerprint density at radius 2 is 1.78 bits per heavy atom. The van der Waals surface area contributed by atoms with Gasteiger partial charge in [-0.15, -0.1) is 0 Å². The predicted molar refractivity (Wildman–Crippen MR) is 66.5 cm³/mol. The molecule has 0 aliphatic carbocycles. The predicted octanol–water partition coefficient (Wildman–Crippen LogP) is 0.540. The second kappa shape index (κ2) is 6.03. The van der Waals surface area contributed by atoms with Crippen LogP contribution >= 0.6 is 0 Å². The molecule has 18 heavy (non-hydrogen) atoms. The van der Waals surface area contributed by atoms with E-state index in [4.69, 9.17) is 15.4 Å². The van der Waals surface area contributed by atoms with Crippen LogP contribution in [0.15, 0.2) is 17.0 Å². The van der Waals surface area contributed by atoms with Gasteiger partial charge in [-0.1, -0.05) is 0 Å². The monoisotopic (exact) mass is 275 g/mol. The third kappa shape index (κ3) is 3.34. The summed E-state index contributed by atoms with van der Waals surface area (Å²) in [5.74, 6) is 5.72. The van der Waals surface area contributed by atoms with E-state index in [1.54, 1.807) is 6.07 Å². The number of ether oxygens (including phenoxy) is 2. The molecule has 0 heterocycles. The first-order valence-corrected chi connectivity index (χ1v) is 7.09. The zero-order chi connectivity index (χ0) is 13.8. The van der Waals surface area contributed by atoms with E-state index in [-0.39, 0.29) is 10.6 Å². The van der Waals surface area contributed by atoms with Crippen LogP contribution in [0.2, 0.25) is 0 Å². The summed E-state index contributed by atoms with van der Waals surface area (Å²) < 4.78 is 33.5. The average molecular weight is 275 g/mol. The molecule has 0 unspecified atom stereocenters. The van der Waals surface area contributed by atoms with Crippen molar-refractivity contribution >= 4 is 9.84 Å². The molecule has 7 heteroatoms. The Bertz CT molecular complexity index is 512. The highest BCUT2D eigenvalue weighted by atomic mass is 32.2. The van der Waals surface area contributed by atoms with Crippen molar-refractivity contribution in [2.24, 2.45) is 5.90 Å². The normalized spacial score (nSPS) is 11.3. The van der Waals surface area contributed by atoms with Crippen molar-refractivity contribution in [1.29, 1.82) is 0 Å². The largest absolute Gasteiger partial charge is 0.496 e. The van der Waals surface area contributed by atoms with Crippen LogP contribution in [0.4, 0.5) is 0 Å². The number of rotatable bonds is 6. The van der Waals surface area contributed by atoms with Gasteiger partial charge in [0.25, 0.3) is 0 Å². The minimum Gasteiger partial charge on any atom is -0.496 e. The Morgan fingerprint density at radius 3 is 2.22 bits per heavy atom. The minimum atomic E-state index is -3.38. The standard InChI is InChI=1S/C11H17NO5S/c1-15-9-7-11(18(3,13)14)10(16-2)6-8(9)4-5-17-12/h6-7H,4-5,12H2,1-3H3. The molecule has 2 N–H and O–H groups in total. The van der Waals surface area contributed by atoms with Crippen molar-refractivity contribution in [2.75, 3.05) is 27.1 Å². The molecule has 0 amide bonds. The Balaban J connectivity index is 3.32. The molecule has 0 bridgehead atoms. The second-order valence-electron chi connectivity index (χ2n) is 3.71. The van der Waals surface area contributed by atoms with Crippen LogP contribution in [-0.2, 0) is 21.1 Å². The quantitative estimate of drug-likeness (QED) is 0.762. The molecule has 102 valence electrons. The summed E-state index contributed by atoms with van der Waals surface area (Å²) >= 11 is 0. The molecule has 0 saturated heterocycles. The Labute approximate surface area is 107 Å². The van der Waals surface area contributed by atoms with E-state index in [1.165, 1.54) is 20.3 Å². The first-order chi connectivity index (χ1) is 8.43. The topological polar surface area (TPSA) is 87.9 Å². The minimum absolute atomic E-state index is 0.0965. The van der Waals surface area contributed by atoms with Crippen LogP contribution in [0.5, 0.6) is 11.5 Å². The molecule has 1 aromatic carbocycles. The molecule has 1 rings (SSSR count). The number of nitrogens with two attached hydrogens (primary N) is 1. The molecule has 0 aromatic heterocycles. The van der Waals surface area contributed by atoms with Crippen molar-refractivity contribution in [3.63, 3.8) is 0 Å². The van der Waals surface area contributed by atoms with Gasteiger partial charge in [-0.05, 0) is 6.07 Å². The third-order valence-electron chi connectivity index (χ3n) is 2.46. The number of methoxy groups -OCH3 is 2. The van der Waals surface area contributed by atoms with Gasteiger partial charge < -0.3 is 14.3 Å². The summed E-state index contributed by atoms with van der Waals surface area (Å²) in [6.45, 7) is 0.303. The molecule has 0 atom stereocenters. The van der Waals surface area contributed by atoms with Crippen molar-refractivity contribution in [2.45, 2.75) is 11.3 Å². The maximum absolute atomic E-state index is 11.6. The lowest BCUT2D eigenvalue weighted by molar-refractivity contribution is 0.140. The van der Waals surface area contributed by atoms with Crippen molar-refractivity contribution in [3.8, 4) is 11.5 Å². The van der Waals surface area contributed by atoms with Gasteiger partial charge in [0.05, 0.1) is 20.8 Å². The summed E-state index contributed by atoms with van der Waals surface area (Å²) in [5.41, 5.74) is 0.771. The van der Waals surface area contributed by atoms with E-state index < -0.39 is 9.84 Å². The Hall–Kier alpha value is -1.31. The summed E-state index contributed by atoms with van der Waals surface area (Å²) in [6, 6.07) is 3.06. The number of hydrogen-bond donors (Lipinski definition) is 1. The van der Waals surface area contributed by atoms with Crippen molar-refractivity contribution < 1.29 is 22.7 Å². The molecule has 0 radical (unpaired) electrons. The lowest BCUT2D eigenvalue weighted by Crippen LogP contribution is -2.07. The zero-order valence-electron chi connectivity index (χ0n) is 10.6. The summed E-state index contributed by atoms with van der Waals surface area (Å²) in [5, 5.41) is 0. The highest BCUT2D eigenvalue weighted by molar-refractivity contribution is 7.90. The van der Waals surface area contributed by atoms with Crippen LogP contribution in [0.25, 0.3) is 0 Å². The van der Waals surface area contributed by atoms with E-state index in [9.17, 15) is 8.42 Å². The van der Waals surface area contributed by atoms with Crippen LogP contribution < -0.4 is 15.4 Å². The SMILES string of the molecule is COc1cc(S(C)(=O)=O)c(OC)cc1CCON. The fraction of sp³-hybridized carbons (Fsp3) is 0.455. The fourth-order valence-corrected chi connectivity index (χ4v) is 2.42. The maximum atomic E-state index is 11.6. The molecule has 0 saturated carbocycles. The lowest BCUT2D eigenvalue weighted by Gasteiger charge is -2.13. The maximum Gasteiger partial charge on any atom is 0.179 e. The number of sulfone groups is 1. The summed E-state index contributed by atoms with van der Waals surface area (Å²) in [4.78, 5) is 4.60. The van der Waals surface area contributed by atoms with Gasteiger partial charge in [0, 0.05) is 24.3 Å². The Kier molecular flexibility index (Phi) is 4.94. The fourth-order valence-electron chi connectivity index (χ4n) is 1.59. The van der Waals surface area contributed by atoms with Gasteiger partial charge in [-0.3, -0.25) is 0 Å². The molecular weight excluding hydrogens is 258 g/mol. The van der Waals surface area contributed by atoms with Crippen molar-refractivity contribution in [1.82, 2.24) is 0 Å². The van der Waals surface area contributed by atoms with Crippen LogP contribution in [0.1, 0.15) is 5.56 Å². The van der Waals surface area contributed by atoms with E-state index in [2.05, 4.69) is 4.84 Å². The molecular formula is C11H17NO5S. The van der Waals surface area contributed by atoms with Crippen molar-refractivity contribution in [3.05, 3.63) is 17.7 Å². The summed E-state index contributed by atoms with van der Waals surface area (Å²) in [6.07, 6.45) is 1.62. The summed E-state index contributed by atoms with van der Waals surface area (Å²) in [7, 11) is -0.487. The number of benzene rings is 1. The first kappa shape index (κ1) is 14.7. The van der Waals surface area contributed by atoms with E-state index in [0.29, 0.717) is 18.8 Å². The highest BCUT2D eigenvalue weighted by Gasteiger charge is 2.18. The van der Waals surface area contributed by atoms with Gasteiger partial charge >= 0.3 is 0 Å². The third-order valence-corrected chi connectivity index (χ3v) is 3.57. The first-order valence-electron chi connectivity index (χ1n) is 5.20. The zero-order valence-corrected chi connectivity index (χ0v) is 11.4. The second-order valence-corrected chi connectivity index (χ2v) is 5.69. The van der Waals surface area contributed by atoms with E-state index >= 15 is 0 Å².